The first-order valence-corrected chi connectivity index (χ1v) is 2.67. The van der Waals surface area contributed by atoms with E-state index in [9.17, 15) is 0 Å². The molecule has 0 heterocycles. The molecule has 0 aromatic heterocycles. The van der Waals surface area contributed by atoms with E-state index in [0.717, 1.165) is 0 Å². The molecule has 0 saturated heterocycles. The molecule has 10 heavy (non-hydrogen) atoms. The normalized spacial score (nSPS) is 12.9. The average molecular weight is 154 g/mol. The molecular formula is C5H18N2O3. The lowest BCUT2D eigenvalue weighted by atomic mass is 10.4. The lowest BCUT2D eigenvalue weighted by molar-refractivity contribution is -0.916. The molecule has 0 aliphatic rings. The van der Waals surface area contributed by atoms with Gasteiger partial charge in [0.1, 0.15) is 0 Å². The van der Waals surface area contributed by atoms with Crippen LogP contribution in [0, 0.1) is 0 Å². The van der Waals surface area contributed by atoms with Gasteiger partial charge in [0.05, 0.1) is 27.7 Å². The molecule has 5 nitrogen and oxygen atoms in total. The van der Waals surface area contributed by atoms with Crippen molar-refractivity contribution in [3.05, 3.63) is 0 Å². The predicted octanol–water partition coefficient (Wildman–Crippen LogP) is -2.03. The van der Waals surface area contributed by atoms with Crippen LogP contribution in [0.2, 0.25) is 0 Å². The minimum Gasteiger partial charge on any atom is -0.870 e. The zero-order valence-corrected chi connectivity index (χ0v) is 6.70. The molecule has 0 aromatic rings. The van der Waals surface area contributed by atoms with Crippen LogP contribution in [0.3, 0.4) is 0 Å². The second-order valence-corrected chi connectivity index (χ2v) is 2.83. The van der Waals surface area contributed by atoms with Gasteiger partial charge >= 0.3 is 0 Å². The van der Waals surface area contributed by atoms with Crippen molar-refractivity contribution in [3.8, 4) is 0 Å². The Morgan fingerprint density at radius 1 is 1.40 bits per heavy atom. The van der Waals surface area contributed by atoms with E-state index < -0.39 is 6.23 Å². The van der Waals surface area contributed by atoms with Crippen LogP contribution in [-0.4, -0.2) is 54.5 Å². The molecule has 0 saturated carbocycles. The molecule has 0 radical (unpaired) electrons. The number of likely N-dealkylation sites (N-methyl/N-ethyl adjacent to an activating group) is 1. The van der Waals surface area contributed by atoms with E-state index in [4.69, 9.17) is 10.8 Å². The van der Waals surface area contributed by atoms with Crippen molar-refractivity contribution in [1.29, 1.82) is 0 Å². The molecule has 0 rings (SSSR count). The number of quaternary nitrogens is 1. The molecule has 0 aliphatic carbocycles. The summed E-state index contributed by atoms with van der Waals surface area (Å²) < 4.78 is 0.510. The lowest BCUT2D eigenvalue weighted by Crippen LogP contribution is -2.48. The predicted molar refractivity (Wildman–Crippen MR) is 38.6 cm³/mol. The summed E-state index contributed by atoms with van der Waals surface area (Å²) in [5, 5.41) is 9.04. The molecule has 1 unspecified atom stereocenters. The van der Waals surface area contributed by atoms with E-state index in [1.54, 1.807) is 0 Å². The number of rotatable bonds is 2. The zero-order chi connectivity index (χ0) is 6.78. The SMILES string of the molecule is C[N+](C)(C)C(O)CN.O.[OH-]. The molecule has 0 spiro atoms. The fourth-order valence-electron chi connectivity index (χ4n) is 0.316. The second kappa shape index (κ2) is 5.57. The van der Waals surface area contributed by atoms with Crippen LogP contribution in [0.25, 0.3) is 0 Å². The van der Waals surface area contributed by atoms with Gasteiger partial charge in [-0.25, -0.2) is 0 Å². The fraction of sp³-hybridized carbons (Fsp3) is 1.00. The molecule has 5 heteroatoms. The van der Waals surface area contributed by atoms with Gasteiger partial charge in [0.25, 0.3) is 0 Å². The van der Waals surface area contributed by atoms with Gasteiger partial charge in [0.15, 0.2) is 0 Å². The summed E-state index contributed by atoms with van der Waals surface area (Å²) >= 11 is 0. The smallest absolute Gasteiger partial charge is 0.202 e. The minimum atomic E-state index is -0.435. The summed E-state index contributed by atoms with van der Waals surface area (Å²) in [4.78, 5) is 0. The van der Waals surface area contributed by atoms with Crippen molar-refractivity contribution >= 4 is 0 Å². The van der Waals surface area contributed by atoms with Crippen LogP contribution in [0.15, 0.2) is 0 Å². The van der Waals surface area contributed by atoms with Crippen molar-refractivity contribution in [2.24, 2.45) is 5.73 Å². The molecule has 0 aliphatic heterocycles. The van der Waals surface area contributed by atoms with E-state index >= 15 is 0 Å². The monoisotopic (exact) mass is 154 g/mol. The van der Waals surface area contributed by atoms with E-state index in [0.29, 0.717) is 11.0 Å². The standard InChI is InChI=1S/C5H15N2O.2H2O/c1-7(2,3)5(8)4-6;;/h5,8H,4,6H2,1-3H3;2*1H2/q+1;;/p-1. The van der Waals surface area contributed by atoms with Crippen molar-refractivity contribution in [2.75, 3.05) is 27.7 Å². The van der Waals surface area contributed by atoms with Gasteiger partial charge in [-0.2, -0.15) is 0 Å². The molecule has 1 atom stereocenters. The minimum absolute atomic E-state index is 0. The number of hydrogen-bond donors (Lipinski definition) is 2. The first-order chi connectivity index (χ1) is 3.48. The summed E-state index contributed by atoms with van der Waals surface area (Å²) in [7, 11) is 5.70. The molecule has 0 amide bonds. The Kier molecular flexibility index (Phi) is 9.15. The van der Waals surface area contributed by atoms with E-state index in [-0.39, 0.29) is 11.0 Å². The highest BCUT2D eigenvalue weighted by molar-refractivity contribution is 4.36. The molecule has 0 fully saturated rings. The zero-order valence-electron chi connectivity index (χ0n) is 6.70. The Bertz CT molecular complexity index is 71.8. The Hall–Kier alpha value is -0.200. The topological polar surface area (TPSA) is 108 Å². The number of nitrogens with zero attached hydrogens (tertiary/aromatic N) is 1. The van der Waals surface area contributed by atoms with E-state index in [2.05, 4.69) is 0 Å². The highest BCUT2D eigenvalue weighted by Crippen LogP contribution is 1.94. The van der Waals surface area contributed by atoms with Crippen molar-refractivity contribution in [1.82, 2.24) is 0 Å². The highest BCUT2D eigenvalue weighted by atomic mass is 16.3. The van der Waals surface area contributed by atoms with Gasteiger partial charge in [-0.1, -0.05) is 0 Å². The van der Waals surface area contributed by atoms with Crippen LogP contribution >= 0.6 is 0 Å². The third kappa shape index (κ3) is 5.93. The van der Waals surface area contributed by atoms with Crippen LogP contribution in [0.1, 0.15) is 0 Å². The fourth-order valence-corrected chi connectivity index (χ4v) is 0.316. The highest BCUT2D eigenvalue weighted by Gasteiger charge is 2.17. The third-order valence-electron chi connectivity index (χ3n) is 1.10. The molecule has 0 bridgehead atoms. The summed E-state index contributed by atoms with van der Waals surface area (Å²) in [6, 6.07) is 0. The first kappa shape index (κ1) is 16.4. The van der Waals surface area contributed by atoms with Crippen molar-refractivity contribution in [2.45, 2.75) is 6.23 Å². The Morgan fingerprint density at radius 3 is 1.70 bits per heavy atom. The van der Waals surface area contributed by atoms with Gasteiger partial charge in [-0.05, 0) is 0 Å². The third-order valence-corrected chi connectivity index (χ3v) is 1.10. The maximum Gasteiger partial charge on any atom is 0.202 e. The molecular weight excluding hydrogens is 136 g/mol. The molecule has 6 N–H and O–H groups in total. The van der Waals surface area contributed by atoms with Crippen molar-refractivity contribution < 1.29 is 20.5 Å². The number of hydrogen-bond acceptors (Lipinski definition) is 3. The molecule has 66 valence electrons. The quantitative estimate of drug-likeness (QED) is 0.353. The van der Waals surface area contributed by atoms with Gasteiger partial charge in [-0.3, -0.25) is 0 Å². The van der Waals surface area contributed by atoms with Gasteiger partial charge in [0.2, 0.25) is 6.23 Å². The van der Waals surface area contributed by atoms with Gasteiger partial charge in [0, 0.05) is 0 Å². The summed E-state index contributed by atoms with van der Waals surface area (Å²) in [5.41, 5.74) is 5.19. The number of aliphatic hydroxyl groups excluding tert-OH is 1. The Morgan fingerprint density at radius 2 is 1.70 bits per heavy atom. The van der Waals surface area contributed by atoms with Crippen LogP contribution in [0.5, 0.6) is 0 Å². The maximum atomic E-state index is 9.04. The van der Waals surface area contributed by atoms with Gasteiger partial charge < -0.3 is 26.3 Å². The Labute approximate surface area is 61.3 Å². The summed E-state index contributed by atoms with van der Waals surface area (Å²) in [5.74, 6) is 0. The van der Waals surface area contributed by atoms with Crippen LogP contribution in [0.4, 0.5) is 0 Å². The van der Waals surface area contributed by atoms with E-state index in [1.807, 2.05) is 21.1 Å². The van der Waals surface area contributed by atoms with E-state index in [1.165, 1.54) is 0 Å². The van der Waals surface area contributed by atoms with Gasteiger partial charge in [-0.15, -0.1) is 0 Å². The second-order valence-electron chi connectivity index (χ2n) is 2.83. The summed E-state index contributed by atoms with van der Waals surface area (Å²) in [6.45, 7) is 0.323. The average Bonchev–Trinajstić information content (AvgIpc) is 1.62. The largest absolute Gasteiger partial charge is 0.870 e. The lowest BCUT2D eigenvalue weighted by Gasteiger charge is -2.28. The number of aliphatic hydroxyl groups is 1. The summed E-state index contributed by atoms with van der Waals surface area (Å²) in [6.07, 6.45) is -0.435. The maximum absolute atomic E-state index is 9.04. The first-order valence-electron chi connectivity index (χ1n) is 2.67. The van der Waals surface area contributed by atoms with Crippen LogP contribution < -0.4 is 5.73 Å². The molecule has 0 aromatic carbocycles. The van der Waals surface area contributed by atoms with Crippen LogP contribution in [-0.2, 0) is 0 Å². The van der Waals surface area contributed by atoms with Crippen molar-refractivity contribution in [3.63, 3.8) is 0 Å². The number of nitrogens with two attached hydrogens (primary N) is 1. The Balaban J connectivity index is -0.000000245.